The summed E-state index contributed by atoms with van der Waals surface area (Å²) in [6.45, 7) is 2.81. The number of carbonyl (C=O) groups excluding carboxylic acids is 1. The zero-order chi connectivity index (χ0) is 18.2. The van der Waals surface area contributed by atoms with E-state index in [1.807, 2.05) is 28.9 Å². The van der Waals surface area contributed by atoms with Crippen LogP contribution >= 0.6 is 0 Å². The number of carbonyl (C=O) groups is 2. The van der Waals surface area contributed by atoms with Crippen LogP contribution in [0.25, 0.3) is 0 Å². The van der Waals surface area contributed by atoms with Crippen LogP contribution in [0.1, 0.15) is 18.2 Å². The van der Waals surface area contributed by atoms with Gasteiger partial charge in [-0.2, -0.15) is 5.10 Å². The first kappa shape index (κ1) is 18.5. The number of rotatable bonds is 8. The summed E-state index contributed by atoms with van der Waals surface area (Å²) in [7, 11) is 1.58. The average Bonchev–Trinajstić information content (AvgIpc) is 3.05. The Kier molecular flexibility index (Phi) is 6.56. The smallest absolute Gasteiger partial charge is 0.317 e. The maximum atomic E-state index is 12.1. The molecule has 0 spiro atoms. The molecule has 134 valence electrons. The summed E-state index contributed by atoms with van der Waals surface area (Å²) in [6.07, 6.45) is 2.57. The molecular formula is C18H24N4O3. The molecule has 0 saturated carbocycles. The van der Waals surface area contributed by atoms with Gasteiger partial charge in [0.25, 0.3) is 0 Å². The zero-order valence-corrected chi connectivity index (χ0v) is 14.6. The van der Waals surface area contributed by atoms with E-state index < -0.39 is 11.9 Å². The third kappa shape index (κ3) is 5.63. The Bertz CT molecular complexity index is 699. The van der Waals surface area contributed by atoms with Gasteiger partial charge in [-0.05, 0) is 18.1 Å². The van der Waals surface area contributed by atoms with E-state index in [4.69, 9.17) is 5.11 Å². The Labute approximate surface area is 147 Å². The van der Waals surface area contributed by atoms with Crippen molar-refractivity contribution in [1.29, 1.82) is 0 Å². The van der Waals surface area contributed by atoms with E-state index in [1.54, 1.807) is 20.2 Å². The molecule has 0 aliphatic heterocycles. The fraction of sp³-hybridized carbons (Fsp3) is 0.389. The van der Waals surface area contributed by atoms with Crippen molar-refractivity contribution in [3.05, 3.63) is 53.9 Å². The van der Waals surface area contributed by atoms with Crippen molar-refractivity contribution < 1.29 is 14.7 Å². The number of carboxylic acid groups (broad SMARTS) is 1. The lowest BCUT2D eigenvalue weighted by Gasteiger charge is -2.20. The highest BCUT2D eigenvalue weighted by Gasteiger charge is 2.17. The minimum absolute atomic E-state index is 0.161. The van der Waals surface area contributed by atoms with E-state index in [-0.39, 0.29) is 12.6 Å². The number of aryl methyl sites for hydroxylation is 2. The molecule has 1 unspecified atom stereocenters. The van der Waals surface area contributed by atoms with Crippen LogP contribution < -0.4 is 5.32 Å². The van der Waals surface area contributed by atoms with Crippen molar-refractivity contribution in [3.8, 4) is 0 Å². The van der Waals surface area contributed by atoms with Gasteiger partial charge >= 0.3 is 12.0 Å². The van der Waals surface area contributed by atoms with Gasteiger partial charge in [0.15, 0.2) is 0 Å². The Morgan fingerprint density at radius 1 is 1.28 bits per heavy atom. The summed E-state index contributed by atoms with van der Waals surface area (Å²) in [5.41, 5.74) is 2.14. The molecule has 2 aromatic rings. The summed E-state index contributed by atoms with van der Waals surface area (Å²) >= 11 is 0. The van der Waals surface area contributed by atoms with Crippen LogP contribution in [0.15, 0.2) is 42.6 Å². The molecule has 1 aromatic heterocycles. The van der Waals surface area contributed by atoms with Gasteiger partial charge in [-0.1, -0.05) is 37.3 Å². The highest BCUT2D eigenvalue weighted by Crippen LogP contribution is 2.05. The zero-order valence-electron chi connectivity index (χ0n) is 14.6. The van der Waals surface area contributed by atoms with Gasteiger partial charge in [-0.3, -0.25) is 9.48 Å². The topological polar surface area (TPSA) is 87.5 Å². The van der Waals surface area contributed by atoms with Crippen molar-refractivity contribution >= 4 is 12.0 Å². The molecule has 7 heteroatoms. The third-order valence-electron chi connectivity index (χ3n) is 4.00. The van der Waals surface area contributed by atoms with Gasteiger partial charge in [-0.15, -0.1) is 0 Å². The number of benzene rings is 1. The minimum atomic E-state index is -0.918. The highest BCUT2D eigenvalue weighted by atomic mass is 16.4. The lowest BCUT2D eigenvalue weighted by molar-refractivity contribution is -0.141. The van der Waals surface area contributed by atoms with E-state index in [9.17, 15) is 9.59 Å². The molecular weight excluding hydrogens is 320 g/mol. The standard InChI is InChI=1S/C18H24N4O3/c1-14(17(23)24)13-21(2)18(25)19-12-16-8-10-20-22(16)11-9-15-6-4-3-5-7-15/h3-8,10,14H,9,11-13H2,1-2H3,(H,19,25)(H,23,24). The van der Waals surface area contributed by atoms with Crippen molar-refractivity contribution in [2.24, 2.45) is 5.92 Å². The van der Waals surface area contributed by atoms with Crippen molar-refractivity contribution in [2.45, 2.75) is 26.4 Å². The Morgan fingerprint density at radius 2 is 2.00 bits per heavy atom. The molecule has 2 N–H and O–H groups in total. The van der Waals surface area contributed by atoms with Gasteiger partial charge in [0, 0.05) is 26.3 Å². The van der Waals surface area contributed by atoms with E-state index in [0.29, 0.717) is 6.54 Å². The van der Waals surface area contributed by atoms with Gasteiger partial charge in [-0.25, -0.2) is 4.79 Å². The van der Waals surface area contributed by atoms with Gasteiger partial charge in [0.2, 0.25) is 0 Å². The second kappa shape index (κ2) is 8.86. The SMILES string of the molecule is CC(CN(C)C(=O)NCc1ccnn1CCc1ccccc1)C(=O)O. The molecule has 2 rings (SSSR count). The predicted molar refractivity (Wildman–Crippen MR) is 94.0 cm³/mol. The molecule has 0 bridgehead atoms. The number of hydrogen-bond donors (Lipinski definition) is 2. The maximum absolute atomic E-state index is 12.1. The average molecular weight is 344 g/mol. The number of nitrogens with zero attached hydrogens (tertiary/aromatic N) is 3. The summed E-state index contributed by atoms with van der Waals surface area (Å²) in [4.78, 5) is 24.3. The fourth-order valence-corrected chi connectivity index (χ4v) is 2.46. The first-order valence-corrected chi connectivity index (χ1v) is 8.23. The number of carboxylic acids is 1. The van der Waals surface area contributed by atoms with Crippen LogP contribution in [0.3, 0.4) is 0 Å². The summed E-state index contributed by atoms with van der Waals surface area (Å²) in [5, 5.41) is 16.0. The normalized spacial score (nSPS) is 11.8. The first-order chi connectivity index (χ1) is 12.0. The summed E-state index contributed by atoms with van der Waals surface area (Å²) < 4.78 is 1.87. The lowest BCUT2D eigenvalue weighted by atomic mass is 10.1. The number of aliphatic carboxylic acids is 1. The molecule has 25 heavy (non-hydrogen) atoms. The molecule has 1 atom stereocenters. The fourth-order valence-electron chi connectivity index (χ4n) is 2.46. The predicted octanol–water partition coefficient (Wildman–Crippen LogP) is 1.99. The number of nitrogens with one attached hydrogen (secondary N) is 1. The molecule has 7 nitrogen and oxygen atoms in total. The highest BCUT2D eigenvalue weighted by molar-refractivity contribution is 5.75. The quantitative estimate of drug-likeness (QED) is 0.767. The Morgan fingerprint density at radius 3 is 2.68 bits per heavy atom. The summed E-state index contributed by atoms with van der Waals surface area (Å²) in [5.74, 6) is -1.52. The maximum Gasteiger partial charge on any atom is 0.317 e. The summed E-state index contributed by atoms with van der Waals surface area (Å²) in [6, 6.07) is 11.7. The number of urea groups is 1. The van der Waals surface area contributed by atoms with Gasteiger partial charge in [0.05, 0.1) is 18.2 Å². The van der Waals surface area contributed by atoms with E-state index in [1.165, 1.54) is 10.5 Å². The van der Waals surface area contributed by atoms with E-state index >= 15 is 0 Å². The van der Waals surface area contributed by atoms with Gasteiger partial charge in [0.1, 0.15) is 0 Å². The minimum Gasteiger partial charge on any atom is -0.481 e. The Balaban J connectivity index is 1.84. The van der Waals surface area contributed by atoms with Crippen LogP contribution in [0.2, 0.25) is 0 Å². The van der Waals surface area contributed by atoms with Gasteiger partial charge < -0.3 is 15.3 Å². The molecule has 0 radical (unpaired) electrons. The largest absolute Gasteiger partial charge is 0.481 e. The molecule has 0 saturated heterocycles. The van der Waals surface area contributed by atoms with Crippen molar-refractivity contribution in [3.63, 3.8) is 0 Å². The van der Waals surface area contributed by atoms with Crippen LogP contribution in [-0.2, 0) is 24.3 Å². The van der Waals surface area contributed by atoms with Crippen molar-refractivity contribution in [1.82, 2.24) is 20.0 Å². The van der Waals surface area contributed by atoms with Crippen LogP contribution in [0, 0.1) is 5.92 Å². The van der Waals surface area contributed by atoms with Crippen LogP contribution in [0.4, 0.5) is 4.79 Å². The first-order valence-electron chi connectivity index (χ1n) is 8.23. The number of amides is 2. The molecule has 0 aliphatic carbocycles. The lowest BCUT2D eigenvalue weighted by Crippen LogP contribution is -2.40. The Hall–Kier alpha value is -2.83. The van der Waals surface area contributed by atoms with E-state index in [0.717, 1.165) is 18.7 Å². The number of hydrogen-bond acceptors (Lipinski definition) is 3. The molecule has 1 heterocycles. The second-order valence-corrected chi connectivity index (χ2v) is 6.06. The molecule has 2 amide bonds. The molecule has 0 fully saturated rings. The van der Waals surface area contributed by atoms with E-state index in [2.05, 4.69) is 22.5 Å². The number of aromatic nitrogens is 2. The van der Waals surface area contributed by atoms with Crippen molar-refractivity contribution in [2.75, 3.05) is 13.6 Å². The third-order valence-corrected chi connectivity index (χ3v) is 4.00. The van der Waals surface area contributed by atoms with Crippen LogP contribution in [-0.4, -0.2) is 45.4 Å². The van der Waals surface area contributed by atoms with Crippen LogP contribution in [0.5, 0.6) is 0 Å². The monoisotopic (exact) mass is 344 g/mol. The molecule has 0 aliphatic rings. The second-order valence-electron chi connectivity index (χ2n) is 6.06. The molecule has 1 aromatic carbocycles.